The molecule has 1 saturated heterocycles. The van der Waals surface area contributed by atoms with Gasteiger partial charge in [0.1, 0.15) is 11.0 Å². The van der Waals surface area contributed by atoms with Crippen LogP contribution in [0.3, 0.4) is 0 Å². The van der Waals surface area contributed by atoms with Gasteiger partial charge >= 0.3 is 0 Å². The van der Waals surface area contributed by atoms with Gasteiger partial charge in [0.15, 0.2) is 0 Å². The van der Waals surface area contributed by atoms with Crippen molar-refractivity contribution in [2.45, 2.75) is 26.2 Å². The predicted octanol–water partition coefficient (Wildman–Crippen LogP) is 2.90. The van der Waals surface area contributed by atoms with E-state index in [-0.39, 0.29) is 11.1 Å². The summed E-state index contributed by atoms with van der Waals surface area (Å²) in [5.41, 5.74) is 0.459. The molecular formula is C18H29ClN4O. The number of carbonyl (C=O) groups excluding carboxylic acids is 1. The maximum absolute atomic E-state index is 12.0. The Balaban J connectivity index is 1.95. The van der Waals surface area contributed by atoms with E-state index >= 15 is 0 Å². The van der Waals surface area contributed by atoms with Crippen molar-refractivity contribution in [3.8, 4) is 0 Å². The number of pyridine rings is 1. The second-order valence-corrected chi connectivity index (χ2v) is 7.39. The Morgan fingerprint density at radius 3 is 2.62 bits per heavy atom. The van der Waals surface area contributed by atoms with E-state index in [4.69, 9.17) is 11.6 Å². The van der Waals surface area contributed by atoms with E-state index in [0.717, 1.165) is 37.3 Å². The van der Waals surface area contributed by atoms with Crippen LogP contribution in [-0.2, 0) is 0 Å². The normalized spacial score (nSPS) is 17.0. The Morgan fingerprint density at radius 1 is 1.42 bits per heavy atom. The van der Waals surface area contributed by atoms with Crippen molar-refractivity contribution in [2.24, 2.45) is 11.8 Å². The summed E-state index contributed by atoms with van der Waals surface area (Å²) in [6, 6.07) is 3.70. The number of aromatic nitrogens is 1. The number of piperidine rings is 1. The van der Waals surface area contributed by atoms with Crippen LogP contribution >= 0.6 is 11.6 Å². The van der Waals surface area contributed by atoms with Gasteiger partial charge in [0.2, 0.25) is 0 Å². The van der Waals surface area contributed by atoms with Crippen molar-refractivity contribution < 1.29 is 4.79 Å². The lowest BCUT2D eigenvalue weighted by molar-refractivity contribution is 0.0827. The second-order valence-electron chi connectivity index (χ2n) is 7.04. The maximum atomic E-state index is 12.0. The van der Waals surface area contributed by atoms with Gasteiger partial charge in [-0.2, -0.15) is 0 Å². The van der Waals surface area contributed by atoms with Crippen molar-refractivity contribution in [1.82, 2.24) is 15.2 Å². The van der Waals surface area contributed by atoms with Gasteiger partial charge < -0.3 is 15.1 Å². The summed E-state index contributed by atoms with van der Waals surface area (Å²) in [5, 5.41) is 3.54. The van der Waals surface area contributed by atoms with Crippen LogP contribution in [0.2, 0.25) is 5.15 Å². The molecule has 0 saturated carbocycles. The molecule has 134 valence electrons. The van der Waals surface area contributed by atoms with Crippen molar-refractivity contribution in [1.29, 1.82) is 0 Å². The first kappa shape index (κ1) is 19.0. The molecule has 0 radical (unpaired) electrons. The molecular weight excluding hydrogens is 324 g/mol. The molecule has 1 amide bonds. The molecule has 2 rings (SSSR count). The minimum atomic E-state index is -0.115. The summed E-state index contributed by atoms with van der Waals surface area (Å²) in [6.45, 7) is 5.39. The SMILES string of the molecule is CNCC(C)CC1CCN(c2ccc(C(=O)N(C)C)c(Cl)n2)CC1. The lowest BCUT2D eigenvalue weighted by atomic mass is 9.88. The third-order valence-electron chi connectivity index (χ3n) is 4.70. The Hall–Kier alpha value is -1.33. The zero-order valence-corrected chi connectivity index (χ0v) is 15.9. The zero-order valence-electron chi connectivity index (χ0n) is 15.2. The Bertz CT molecular complexity index is 556. The highest BCUT2D eigenvalue weighted by atomic mass is 35.5. The number of hydrogen-bond donors (Lipinski definition) is 1. The monoisotopic (exact) mass is 352 g/mol. The molecule has 0 aliphatic carbocycles. The Kier molecular flexibility index (Phi) is 6.87. The van der Waals surface area contributed by atoms with Crippen LogP contribution in [0.25, 0.3) is 0 Å². The van der Waals surface area contributed by atoms with Crippen LogP contribution in [-0.4, -0.2) is 56.6 Å². The summed E-state index contributed by atoms with van der Waals surface area (Å²) in [5.74, 6) is 2.26. The predicted molar refractivity (Wildman–Crippen MR) is 99.9 cm³/mol. The zero-order chi connectivity index (χ0) is 17.7. The van der Waals surface area contributed by atoms with Crippen molar-refractivity contribution in [2.75, 3.05) is 45.7 Å². The van der Waals surface area contributed by atoms with E-state index in [1.165, 1.54) is 24.2 Å². The molecule has 2 heterocycles. The molecule has 0 aromatic carbocycles. The average molecular weight is 353 g/mol. The van der Waals surface area contributed by atoms with Gasteiger partial charge in [-0.05, 0) is 56.8 Å². The highest BCUT2D eigenvalue weighted by Gasteiger charge is 2.23. The number of anilines is 1. The summed E-state index contributed by atoms with van der Waals surface area (Å²) in [4.78, 5) is 20.3. The molecule has 1 unspecified atom stereocenters. The molecule has 0 spiro atoms. The summed E-state index contributed by atoms with van der Waals surface area (Å²) in [6.07, 6.45) is 3.65. The fraction of sp³-hybridized carbons (Fsp3) is 0.667. The third-order valence-corrected chi connectivity index (χ3v) is 4.99. The average Bonchev–Trinajstić information content (AvgIpc) is 2.55. The van der Waals surface area contributed by atoms with Gasteiger partial charge in [0.25, 0.3) is 5.91 Å². The molecule has 6 heteroatoms. The number of amides is 1. The second kappa shape index (κ2) is 8.67. The number of rotatable bonds is 6. The van der Waals surface area contributed by atoms with Gasteiger partial charge in [-0.25, -0.2) is 4.98 Å². The first-order valence-electron chi connectivity index (χ1n) is 8.70. The Labute approximate surface area is 150 Å². The van der Waals surface area contributed by atoms with E-state index < -0.39 is 0 Å². The largest absolute Gasteiger partial charge is 0.357 e. The summed E-state index contributed by atoms with van der Waals surface area (Å²) >= 11 is 6.23. The topological polar surface area (TPSA) is 48.5 Å². The van der Waals surface area contributed by atoms with Crippen LogP contribution in [0.1, 0.15) is 36.5 Å². The van der Waals surface area contributed by atoms with E-state index in [0.29, 0.717) is 5.56 Å². The maximum Gasteiger partial charge on any atom is 0.256 e. The van der Waals surface area contributed by atoms with Crippen LogP contribution in [0.4, 0.5) is 5.82 Å². The van der Waals surface area contributed by atoms with Gasteiger partial charge in [-0.15, -0.1) is 0 Å². The van der Waals surface area contributed by atoms with E-state index in [1.54, 1.807) is 20.2 Å². The van der Waals surface area contributed by atoms with Gasteiger partial charge in [-0.3, -0.25) is 4.79 Å². The van der Waals surface area contributed by atoms with E-state index in [9.17, 15) is 4.79 Å². The minimum Gasteiger partial charge on any atom is -0.357 e. The highest BCUT2D eigenvalue weighted by molar-refractivity contribution is 6.32. The molecule has 1 aromatic heterocycles. The minimum absolute atomic E-state index is 0.115. The standard InChI is InChI=1S/C18H29ClN4O/c1-13(12-20-2)11-14-7-9-23(10-8-14)16-6-5-15(17(19)21-16)18(24)22(3)4/h5-6,13-14,20H,7-12H2,1-4H3. The molecule has 1 fully saturated rings. The number of hydrogen-bond acceptors (Lipinski definition) is 4. The van der Waals surface area contributed by atoms with Gasteiger partial charge in [0.05, 0.1) is 5.56 Å². The van der Waals surface area contributed by atoms with Crippen LogP contribution in [0.15, 0.2) is 12.1 Å². The molecule has 0 bridgehead atoms. The molecule has 24 heavy (non-hydrogen) atoms. The summed E-state index contributed by atoms with van der Waals surface area (Å²) < 4.78 is 0. The van der Waals surface area contributed by atoms with Crippen molar-refractivity contribution in [3.63, 3.8) is 0 Å². The number of nitrogens with one attached hydrogen (secondary N) is 1. The van der Waals surface area contributed by atoms with Gasteiger partial charge in [-0.1, -0.05) is 18.5 Å². The molecule has 1 aromatic rings. The number of carbonyl (C=O) groups is 1. The van der Waals surface area contributed by atoms with Crippen LogP contribution in [0.5, 0.6) is 0 Å². The first-order valence-corrected chi connectivity index (χ1v) is 9.08. The third kappa shape index (κ3) is 4.84. The molecule has 1 aliphatic heterocycles. The molecule has 1 atom stereocenters. The van der Waals surface area contributed by atoms with Crippen molar-refractivity contribution in [3.05, 3.63) is 22.8 Å². The van der Waals surface area contributed by atoms with Crippen molar-refractivity contribution >= 4 is 23.3 Å². The molecule has 1 aliphatic rings. The fourth-order valence-electron chi connectivity index (χ4n) is 3.40. The van der Waals surface area contributed by atoms with E-state index in [1.807, 2.05) is 13.1 Å². The quantitative estimate of drug-likeness (QED) is 0.800. The number of halogens is 1. The number of nitrogens with zero attached hydrogens (tertiary/aromatic N) is 3. The first-order chi connectivity index (χ1) is 11.4. The lowest BCUT2D eigenvalue weighted by Gasteiger charge is -2.34. The highest BCUT2D eigenvalue weighted by Crippen LogP contribution is 2.28. The molecule has 5 nitrogen and oxygen atoms in total. The molecule has 1 N–H and O–H groups in total. The van der Waals surface area contributed by atoms with Gasteiger partial charge in [0, 0.05) is 27.2 Å². The van der Waals surface area contributed by atoms with Crippen LogP contribution < -0.4 is 10.2 Å². The van der Waals surface area contributed by atoms with E-state index in [2.05, 4.69) is 22.1 Å². The fourth-order valence-corrected chi connectivity index (χ4v) is 3.63. The smallest absolute Gasteiger partial charge is 0.256 e. The lowest BCUT2D eigenvalue weighted by Crippen LogP contribution is -2.35. The summed E-state index contributed by atoms with van der Waals surface area (Å²) in [7, 11) is 5.44. The van der Waals surface area contributed by atoms with Crippen LogP contribution in [0, 0.1) is 11.8 Å². The Morgan fingerprint density at radius 2 is 2.08 bits per heavy atom.